The maximum absolute atomic E-state index is 12.1. The van der Waals surface area contributed by atoms with Gasteiger partial charge in [0.15, 0.2) is 5.70 Å². The van der Waals surface area contributed by atoms with Gasteiger partial charge in [-0.15, -0.1) is 0 Å². The van der Waals surface area contributed by atoms with Crippen LogP contribution in [0, 0.1) is 3.57 Å². The Morgan fingerprint density at radius 1 is 1.24 bits per heavy atom. The number of aliphatic imine (C=N–C) groups is 1. The van der Waals surface area contributed by atoms with Gasteiger partial charge in [0.2, 0.25) is 5.90 Å². The lowest BCUT2D eigenvalue weighted by Gasteiger charge is -2.02. The second-order valence-electron chi connectivity index (χ2n) is 5.13. The van der Waals surface area contributed by atoms with E-state index >= 15 is 0 Å². The Morgan fingerprint density at radius 2 is 2.00 bits per heavy atom. The summed E-state index contributed by atoms with van der Waals surface area (Å²) in [6, 6.07) is 13.0. The Hall–Kier alpha value is -1.93. The van der Waals surface area contributed by atoms with Crippen molar-refractivity contribution >= 4 is 56.5 Å². The van der Waals surface area contributed by atoms with E-state index in [4.69, 9.17) is 9.47 Å². The molecule has 0 aromatic heterocycles. The molecule has 1 aliphatic heterocycles. The van der Waals surface area contributed by atoms with Gasteiger partial charge >= 0.3 is 5.97 Å². The number of esters is 1. The molecule has 0 unspecified atom stereocenters. The van der Waals surface area contributed by atoms with Crippen LogP contribution in [-0.4, -0.2) is 18.5 Å². The fourth-order valence-corrected chi connectivity index (χ4v) is 2.85. The first kappa shape index (κ1) is 17.9. The number of rotatable bonds is 5. The fourth-order valence-electron chi connectivity index (χ4n) is 2.14. The lowest BCUT2D eigenvalue weighted by atomic mass is 10.2. The van der Waals surface area contributed by atoms with E-state index < -0.39 is 5.97 Å². The van der Waals surface area contributed by atoms with Crippen LogP contribution < -0.4 is 4.74 Å². The zero-order valence-corrected chi connectivity index (χ0v) is 16.8. The zero-order chi connectivity index (χ0) is 17.8. The Morgan fingerprint density at radius 3 is 2.68 bits per heavy atom. The molecule has 0 aliphatic carbocycles. The summed E-state index contributed by atoms with van der Waals surface area (Å²) in [4.78, 5) is 16.4. The Balaban J connectivity index is 1.82. The zero-order valence-electron chi connectivity index (χ0n) is 13.0. The summed E-state index contributed by atoms with van der Waals surface area (Å²) in [5.41, 5.74) is 1.85. The van der Waals surface area contributed by atoms with Crippen molar-refractivity contribution in [2.24, 2.45) is 4.99 Å². The molecule has 0 bridgehead atoms. The molecule has 0 spiro atoms. The topological polar surface area (TPSA) is 47.9 Å². The molecule has 0 fully saturated rings. The second kappa shape index (κ2) is 7.97. The maximum Gasteiger partial charge on any atom is 0.363 e. The number of cyclic esters (lactones) is 1. The van der Waals surface area contributed by atoms with Gasteiger partial charge in [0.1, 0.15) is 12.4 Å². The van der Waals surface area contributed by atoms with Gasteiger partial charge in [0, 0.05) is 13.6 Å². The van der Waals surface area contributed by atoms with Crippen LogP contribution in [0.3, 0.4) is 0 Å². The van der Waals surface area contributed by atoms with Gasteiger partial charge < -0.3 is 9.47 Å². The number of carbonyl (C=O) groups is 1. The summed E-state index contributed by atoms with van der Waals surface area (Å²) in [6.45, 7) is 4.06. The minimum atomic E-state index is -0.461. The molecule has 6 heteroatoms. The lowest BCUT2D eigenvalue weighted by Crippen LogP contribution is -2.05. The van der Waals surface area contributed by atoms with Crippen molar-refractivity contribution in [3.05, 3.63) is 80.0 Å². The Labute approximate surface area is 167 Å². The van der Waals surface area contributed by atoms with Gasteiger partial charge in [-0.05, 0) is 80.5 Å². The van der Waals surface area contributed by atoms with Crippen LogP contribution >= 0.6 is 38.5 Å². The highest BCUT2D eigenvalue weighted by Crippen LogP contribution is 2.24. The summed E-state index contributed by atoms with van der Waals surface area (Å²) < 4.78 is 12.7. The van der Waals surface area contributed by atoms with Crippen LogP contribution in [0.25, 0.3) is 6.08 Å². The molecule has 1 aliphatic rings. The Bertz CT molecular complexity index is 888. The first-order valence-corrected chi connectivity index (χ1v) is 9.26. The van der Waals surface area contributed by atoms with Crippen LogP contribution in [-0.2, 0) is 9.53 Å². The molecule has 2 aromatic carbocycles. The summed E-state index contributed by atoms with van der Waals surface area (Å²) in [6.07, 6.45) is 3.37. The largest absolute Gasteiger partial charge is 0.490 e. The molecule has 0 N–H and O–H groups in total. The first-order valence-electron chi connectivity index (χ1n) is 7.38. The number of hydrogen-bond acceptors (Lipinski definition) is 4. The van der Waals surface area contributed by atoms with E-state index in [-0.39, 0.29) is 5.70 Å². The number of halogens is 2. The second-order valence-corrected chi connectivity index (χ2v) is 7.15. The van der Waals surface area contributed by atoms with Gasteiger partial charge in [-0.2, -0.15) is 0 Å². The smallest absolute Gasteiger partial charge is 0.363 e. The van der Waals surface area contributed by atoms with Gasteiger partial charge in [-0.1, -0.05) is 24.8 Å². The van der Waals surface area contributed by atoms with Crippen LogP contribution in [0.15, 0.2) is 70.3 Å². The normalized spacial score (nSPS) is 15.0. The molecule has 3 rings (SSSR count). The average molecular weight is 510 g/mol. The third-order valence-electron chi connectivity index (χ3n) is 3.34. The van der Waals surface area contributed by atoms with Crippen molar-refractivity contribution in [3.8, 4) is 5.75 Å². The van der Waals surface area contributed by atoms with E-state index in [2.05, 4.69) is 50.1 Å². The summed E-state index contributed by atoms with van der Waals surface area (Å²) in [5, 5.41) is 0. The van der Waals surface area contributed by atoms with Crippen LogP contribution in [0.5, 0.6) is 5.75 Å². The lowest BCUT2D eigenvalue weighted by molar-refractivity contribution is -0.129. The monoisotopic (exact) mass is 509 g/mol. The first-order chi connectivity index (χ1) is 12.1. The SMILES string of the molecule is C=CCOc1ccc(/C=C2\N=C(c3ccc(I)c(Br)c3)OC2=O)cc1. The van der Waals surface area contributed by atoms with Gasteiger partial charge in [0.05, 0.1) is 0 Å². The van der Waals surface area contributed by atoms with Crippen molar-refractivity contribution < 1.29 is 14.3 Å². The van der Waals surface area contributed by atoms with E-state index in [1.807, 2.05) is 42.5 Å². The predicted molar refractivity (Wildman–Crippen MR) is 110 cm³/mol. The molecule has 0 amide bonds. The summed E-state index contributed by atoms with van der Waals surface area (Å²) >= 11 is 5.68. The standard InChI is InChI=1S/C19H13BrINO3/c1-2-9-24-14-6-3-12(4-7-14)10-17-19(23)25-18(22-17)13-5-8-16(21)15(20)11-13/h2-8,10-11H,1,9H2/b17-10-. The molecule has 0 atom stereocenters. The van der Waals surface area contributed by atoms with Crippen molar-refractivity contribution in [2.45, 2.75) is 0 Å². The van der Waals surface area contributed by atoms with E-state index in [0.717, 1.165) is 24.9 Å². The minimum Gasteiger partial charge on any atom is -0.490 e. The summed E-state index contributed by atoms with van der Waals surface area (Å²) in [5.74, 6) is 0.583. The van der Waals surface area contributed by atoms with Crippen molar-refractivity contribution in [2.75, 3.05) is 6.61 Å². The number of ether oxygens (including phenoxy) is 2. The van der Waals surface area contributed by atoms with E-state index in [9.17, 15) is 4.79 Å². The summed E-state index contributed by atoms with van der Waals surface area (Å²) in [7, 11) is 0. The van der Waals surface area contributed by atoms with E-state index in [1.54, 1.807) is 12.2 Å². The fraction of sp³-hybridized carbons (Fsp3) is 0.0526. The van der Waals surface area contributed by atoms with Crippen LogP contribution in [0.1, 0.15) is 11.1 Å². The van der Waals surface area contributed by atoms with Crippen LogP contribution in [0.4, 0.5) is 0 Å². The number of nitrogens with zero attached hydrogens (tertiary/aromatic N) is 1. The van der Waals surface area contributed by atoms with Gasteiger partial charge in [-0.3, -0.25) is 0 Å². The van der Waals surface area contributed by atoms with Crippen molar-refractivity contribution in [1.82, 2.24) is 0 Å². The predicted octanol–water partition coefficient (Wildman–Crippen LogP) is 4.96. The molecule has 1 heterocycles. The third kappa shape index (κ3) is 4.38. The average Bonchev–Trinajstić information content (AvgIpc) is 2.97. The molecule has 126 valence electrons. The van der Waals surface area contributed by atoms with Crippen LogP contribution in [0.2, 0.25) is 0 Å². The molecule has 4 nitrogen and oxygen atoms in total. The molecule has 0 saturated carbocycles. The minimum absolute atomic E-state index is 0.268. The van der Waals surface area contributed by atoms with E-state index in [1.165, 1.54) is 0 Å². The maximum atomic E-state index is 12.1. The Kier molecular flexibility index (Phi) is 5.70. The van der Waals surface area contributed by atoms with Gasteiger partial charge in [0.25, 0.3) is 0 Å². The van der Waals surface area contributed by atoms with E-state index in [0.29, 0.717) is 12.5 Å². The highest BCUT2D eigenvalue weighted by molar-refractivity contribution is 14.1. The quantitative estimate of drug-likeness (QED) is 0.247. The third-order valence-corrected chi connectivity index (χ3v) is 5.68. The molecule has 0 radical (unpaired) electrons. The van der Waals surface area contributed by atoms with Gasteiger partial charge in [-0.25, -0.2) is 9.79 Å². The molecular weight excluding hydrogens is 497 g/mol. The number of carbonyl (C=O) groups excluding carboxylic acids is 1. The highest BCUT2D eigenvalue weighted by atomic mass is 127. The van der Waals surface area contributed by atoms with Crippen molar-refractivity contribution in [3.63, 3.8) is 0 Å². The molecule has 2 aromatic rings. The number of hydrogen-bond donors (Lipinski definition) is 0. The molecule has 25 heavy (non-hydrogen) atoms. The van der Waals surface area contributed by atoms with Crippen molar-refractivity contribution in [1.29, 1.82) is 0 Å². The highest BCUT2D eigenvalue weighted by Gasteiger charge is 2.24. The molecule has 0 saturated heterocycles. The number of benzene rings is 2. The molecular formula is C19H13BrINO3.